The third-order valence-corrected chi connectivity index (χ3v) is 4.42. The summed E-state index contributed by atoms with van der Waals surface area (Å²) in [6.07, 6.45) is 3.50. The molecule has 3 rings (SSSR count). The summed E-state index contributed by atoms with van der Waals surface area (Å²) in [5, 5.41) is 0.687. The lowest BCUT2D eigenvalue weighted by molar-refractivity contribution is 0.0999. The van der Waals surface area contributed by atoms with E-state index in [4.69, 9.17) is 17.3 Å². The number of pyridine rings is 1. The highest BCUT2D eigenvalue weighted by atomic mass is 35.5. The van der Waals surface area contributed by atoms with Crippen molar-refractivity contribution in [3.63, 3.8) is 0 Å². The molecule has 0 aliphatic rings. The van der Waals surface area contributed by atoms with Gasteiger partial charge in [-0.1, -0.05) is 36.7 Å². The Balaban J connectivity index is 2.09. The van der Waals surface area contributed by atoms with Crippen LogP contribution in [0.4, 0.5) is 0 Å². The van der Waals surface area contributed by atoms with Crippen LogP contribution in [-0.2, 0) is 0 Å². The molecule has 4 heteroatoms. The van der Waals surface area contributed by atoms with Gasteiger partial charge in [0.25, 0.3) is 0 Å². The lowest BCUT2D eigenvalue weighted by Gasteiger charge is -2.17. The highest BCUT2D eigenvalue weighted by Crippen LogP contribution is 2.31. The van der Waals surface area contributed by atoms with Gasteiger partial charge in [0.15, 0.2) is 0 Å². The third-order valence-electron chi connectivity index (χ3n) is 4.17. The second kappa shape index (κ2) is 6.85. The van der Waals surface area contributed by atoms with E-state index in [0.717, 1.165) is 22.3 Å². The first kappa shape index (κ1) is 16.2. The molecule has 1 aromatic heterocycles. The van der Waals surface area contributed by atoms with E-state index in [2.05, 4.69) is 11.9 Å². The molecule has 1 amide bonds. The van der Waals surface area contributed by atoms with Gasteiger partial charge < -0.3 is 5.73 Å². The van der Waals surface area contributed by atoms with Crippen molar-refractivity contribution in [3.05, 3.63) is 88.7 Å². The van der Waals surface area contributed by atoms with E-state index >= 15 is 0 Å². The second-order valence-electron chi connectivity index (χ2n) is 5.68. The number of nitrogens with two attached hydrogens (primary N) is 1. The molecule has 3 aromatic rings. The van der Waals surface area contributed by atoms with E-state index in [1.165, 1.54) is 0 Å². The smallest absolute Gasteiger partial charge is 0.248 e. The average molecular weight is 337 g/mol. The van der Waals surface area contributed by atoms with Crippen LogP contribution in [0.15, 0.2) is 67.0 Å². The molecule has 0 saturated carbocycles. The van der Waals surface area contributed by atoms with Crippen molar-refractivity contribution in [1.82, 2.24) is 4.98 Å². The number of benzene rings is 2. The van der Waals surface area contributed by atoms with Crippen LogP contribution >= 0.6 is 11.6 Å². The van der Waals surface area contributed by atoms with Gasteiger partial charge in [0.1, 0.15) is 0 Å². The van der Waals surface area contributed by atoms with Crippen molar-refractivity contribution in [2.24, 2.45) is 5.73 Å². The molecule has 120 valence electrons. The first-order valence-corrected chi connectivity index (χ1v) is 8.03. The van der Waals surface area contributed by atoms with E-state index in [9.17, 15) is 4.79 Å². The van der Waals surface area contributed by atoms with E-state index in [0.29, 0.717) is 10.6 Å². The van der Waals surface area contributed by atoms with Gasteiger partial charge in [0.05, 0.1) is 0 Å². The van der Waals surface area contributed by atoms with Crippen LogP contribution in [0.2, 0.25) is 5.02 Å². The molecule has 2 N–H and O–H groups in total. The van der Waals surface area contributed by atoms with Crippen molar-refractivity contribution in [1.29, 1.82) is 0 Å². The number of aromatic nitrogens is 1. The quantitative estimate of drug-likeness (QED) is 0.753. The van der Waals surface area contributed by atoms with Gasteiger partial charge in [0, 0.05) is 28.9 Å². The molecule has 0 fully saturated rings. The first-order chi connectivity index (χ1) is 11.6. The van der Waals surface area contributed by atoms with Crippen LogP contribution in [-0.4, -0.2) is 10.9 Å². The SMILES string of the molecule is C[C@H](c1ccc(Cl)cc1)c1cc(-c2ccncc2)ccc1C(N)=O. The normalized spacial score (nSPS) is 11.9. The predicted octanol–water partition coefficient (Wildman–Crippen LogP) is 4.65. The number of carbonyl (C=O) groups is 1. The standard InChI is InChI=1S/C20H17ClN2O/c1-13(14-2-5-17(21)6-3-14)19-12-16(4-7-18(19)20(22)24)15-8-10-23-11-9-15/h2-13H,1H3,(H2,22,24)/t13-/m1/s1. The topological polar surface area (TPSA) is 56.0 Å². The highest BCUT2D eigenvalue weighted by Gasteiger charge is 2.17. The number of rotatable bonds is 4. The Morgan fingerprint density at radius 3 is 2.29 bits per heavy atom. The maximum Gasteiger partial charge on any atom is 0.248 e. The van der Waals surface area contributed by atoms with Crippen molar-refractivity contribution in [2.75, 3.05) is 0 Å². The summed E-state index contributed by atoms with van der Waals surface area (Å²) < 4.78 is 0. The zero-order valence-corrected chi connectivity index (χ0v) is 14.0. The predicted molar refractivity (Wildman–Crippen MR) is 97.2 cm³/mol. The molecule has 24 heavy (non-hydrogen) atoms. The summed E-state index contributed by atoms with van der Waals surface area (Å²) in [5.41, 5.74) is 10.2. The molecule has 0 bridgehead atoms. The van der Waals surface area contributed by atoms with Gasteiger partial charge in [-0.25, -0.2) is 0 Å². The van der Waals surface area contributed by atoms with E-state index in [1.807, 2.05) is 48.5 Å². The fourth-order valence-electron chi connectivity index (χ4n) is 2.80. The molecule has 3 nitrogen and oxygen atoms in total. The van der Waals surface area contributed by atoms with Crippen molar-refractivity contribution >= 4 is 17.5 Å². The number of carbonyl (C=O) groups excluding carboxylic acids is 1. The summed E-state index contributed by atoms with van der Waals surface area (Å²) in [4.78, 5) is 15.9. The second-order valence-corrected chi connectivity index (χ2v) is 6.11. The Bertz CT molecular complexity index is 861. The lowest BCUT2D eigenvalue weighted by Crippen LogP contribution is -2.15. The maximum absolute atomic E-state index is 11.9. The molecule has 0 radical (unpaired) electrons. The fourth-order valence-corrected chi connectivity index (χ4v) is 2.93. The number of halogens is 1. The number of primary amides is 1. The van der Waals surface area contributed by atoms with Gasteiger partial charge in [-0.3, -0.25) is 9.78 Å². The van der Waals surface area contributed by atoms with Crippen molar-refractivity contribution in [2.45, 2.75) is 12.8 Å². The van der Waals surface area contributed by atoms with Gasteiger partial charge in [0.2, 0.25) is 5.91 Å². The molecular weight excluding hydrogens is 320 g/mol. The summed E-state index contributed by atoms with van der Waals surface area (Å²) in [5.74, 6) is -0.404. The zero-order valence-electron chi connectivity index (χ0n) is 13.2. The summed E-state index contributed by atoms with van der Waals surface area (Å²) in [7, 11) is 0. The van der Waals surface area contributed by atoms with Gasteiger partial charge in [-0.2, -0.15) is 0 Å². The molecule has 0 saturated heterocycles. The minimum Gasteiger partial charge on any atom is -0.366 e. The minimum atomic E-state index is -0.424. The molecule has 0 aliphatic heterocycles. The van der Waals surface area contributed by atoms with E-state index in [-0.39, 0.29) is 5.92 Å². The molecule has 1 atom stereocenters. The number of amides is 1. The lowest BCUT2D eigenvalue weighted by atomic mass is 9.87. The molecule has 0 spiro atoms. The monoisotopic (exact) mass is 336 g/mol. The summed E-state index contributed by atoms with van der Waals surface area (Å²) >= 11 is 5.97. The Kier molecular flexibility index (Phi) is 4.63. The molecule has 2 aromatic carbocycles. The largest absolute Gasteiger partial charge is 0.366 e. The van der Waals surface area contributed by atoms with Crippen LogP contribution in [0.25, 0.3) is 11.1 Å². The zero-order chi connectivity index (χ0) is 17.1. The maximum atomic E-state index is 11.9. The van der Waals surface area contributed by atoms with Crippen LogP contribution in [0.3, 0.4) is 0 Å². The first-order valence-electron chi connectivity index (χ1n) is 7.66. The number of hydrogen-bond donors (Lipinski definition) is 1. The van der Waals surface area contributed by atoms with Crippen LogP contribution in [0.1, 0.15) is 34.3 Å². The van der Waals surface area contributed by atoms with Crippen molar-refractivity contribution < 1.29 is 4.79 Å². The average Bonchev–Trinajstić information content (AvgIpc) is 2.62. The van der Waals surface area contributed by atoms with Crippen LogP contribution in [0.5, 0.6) is 0 Å². The van der Waals surface area contributed by atoms with Gasteiger partial charge in [-0.15, -0.1) is 0 Å². The van der Waals surface area contributed by atoms with E-state index < -0.39 is 5.91 Å². The number of nitrogens with zero attached hydrogens (tertiary/aromatic N) is 1. The Labute approximate surface area is 146 Å². The Morgan fingerprint density at radius 2 is 1.67 bits per heavy atom. The molecule has 0 aliphatic carbocycles. The van der Waals surface area contributed by atoms with Crippen LogP contribution in [0, 0.1) is 0 Å². The molecular formula is C20H17ClN2O. The van der Waals surface area contributed by atoms with Gasteiger partial charge in [-0.05, 0) is 58.7 Å². The van der Waals surface area contributed by atoms with Crippen molar-refractivity contribution in [3.8, 4) is 11.1 Å². The van der Waals surface area contributed by atoms with Crippen LogP contribution < -0.4 is 5.73 Å². The summed E-state index contributed by atoms with van der Waals surface area (Å²) in [6, 6.07) is 17.2. The highest BCUT2D eigenvalue weighted by molar-refractivity contribution is 6.30. The van der Waals surface area contributed by atoms with E-state index in [1.54, 1.807) is 18.5 Å². The van der Waals surface area contributed by atoms with Gasteiger partial charge >= 0.3 is 0 Å². The molecule has 0 unspecified atom stereocenters. The third kappa shape index (κ3) is 3.31. The number of hydrogen-bond acceptors (Lipinski definition) is 2. The Morgan fingerprint density at radius 1 is 1.00 bits per heavy atom. The minimum absolute atomic E-state index is 0.0200. The fraction of sp³-hybridized carbons (Fsp3) is 0.100. The summed E-state index contributed by atoms with van der Waals surface area (Å²) in [6.45, 7) is 2.06. The Hall–Kier alpha value is -2.65. The molecule has 1 heterocycles.